The Balaban J connectivity index is 2.39. The number of rotatable bonds is 4. The molecule has 0 aromatic heterocycles. The van der Waals surface area contributed by atoms with E-state index in [9.17, 15) is 13.2 Å². The largest absolute Gasteiger partial charge is 0.393 e. The van der Waals surface area contributed by atoms with E-state index in [4.69, 9.17) is 0 Å². The average Bonchev–Trinajstić information content (AvgIpc) is 2.71. The molecule has 0 fully saturated rings. The Bertz CT molecular complexity index is 875. The Kier molecular flexibility index (Phi) is 5.08. The van der Waals surface area contributed by atoms with E-state index in [1.165, 1.54) is 0 Å². The molecule has 0 saturated heterocycles. The monoisotopic (exact) mass is 356 g/mol. The summed E-state index contributed by atoms with van der Waals surface area (Å²) in [7, 11) is 0. The summed E-state index contributed by atoms with van der Waals surface area (Å²) in [6.07, 6.45) is -4.40. The third kappa shape index (κ3) is 3.77. The van der Waals surface area contributed by atoms with Crippen LogP contribution in [0.15, 0.2) is 54.6 Å². The van der Waals surface area contributed by atoms with Crippen LogP contribution in [0.4, 0.5) is 13.2 Å². The highest BCUT2D eigenvalue weighted by Crippen LogP contribution is 2.46. The van der Waals surface area contributed by atoms with Gasteiger partial charge in [0.05, 0.1) is 6.42 Å². The van der Waals surface area contributed by atoms with Crippen LogP contribution >= 0.6 is 0 Å². The number of fused-ring (bicyclic) bond motifs is 1. The summed E-state index contributed by atoms with van der Waals surface area (Å²) in [5, 5.41) is 0. The van der Waals surface area contributed by atoms with Crippen LogP contribution in [0.2, 0.25) is 0 Å². The van der Waals surface area contributed by atoms with E-state index < -0.39 is 12.6 Å². The topological polar surface area (TPSA) is 0 Å². The molecular weight excluding hydrogens is 333 g/mol. The Morgan fingerprint density at radius 1 is 0.769 bits per heavy atom. The summed E-state index contributed by atoms with van der Waals surface area (Å²) in [5.41, 5.74) is 5.74. The highest BCUT2D eigenvalue weighted by Gasteiger charge is 2.34. The third-order valence-corrected chi connectivity index (χ3v) is 4.70. The third-order valence-electron chi connectivity index (χ3n) is 4.70. The van der Waals surface area contributed by atoms with Gasteiger partial charge in [-0.25, -0.2) is 0 Å². The molecule has 0 spiro atoms. The first kappa shape index (κ1) is 18.5. The quantitative estimate of drug-likeness (QED) is 0.469. The Morgan fingerprint density at radius 3 is 1.88 bits per heavy atom. The van der Waals surface area contributed by atoms with Crippen LogP contribution in [-0.4, -0.2) is 6.18 Å². The zero-order valence-corrected chi connectivity index (χ0v) is 15.3. The molecule has 136 valence electrons. The van der Waals surface area contributed by atoms with Crippen molar-refractivity contribution in [2.24, 2.45) is 5.92 Å². The molecule has 3 heteroatoms. The molecule has 0 nitrogen and oxygen atoms in total. The van der Waals surface area contributed by atoms with Gasteiger partial charge in [-0.2, -0.15) is 13.2 Å². The predicted molar refractivity (Wildman–Crippen MR) is 102 cm³/mol. The summed E-state index contributed by atoms with van der Waals surface area (Å²) < 4.78 is 40.3. The second kappa shape index (κ2) is 7.14. The van der Waals surface area contributed by atoms with Gasteiger partial charge in [0.15, 0.2) is 0 Å². The highest BCUT2D eigenvalue weighted by atomic mass is 19.4. The molecule has 0 atom stereocenters. The SMILES string of the molecule is Cc1ccccc1-c1c(CC(C)C)c2cccccc-2c1CC(F)(F)F. The first-order valence-corrected chi connectivity index (χ1v) is 8.93. The maximum absolute atomic E-state index is 13.4. The van der Waals surface area contributed by atoms with Crippen LogP contribution in [0.25, 0.3) is 22.3 Å². The lowest BCUT2D eigenvalue weighted by Crippen LogP contribution is -2.12. The molecule has 0 radical (unpaired) electrons. The minimum Gasteiger partial charge on any atom is -0.171 e. The summed E-state index contributed by atoms with van der Waals surface area (Å²) >= 11 is 0. The van der Waals surface area contributed by atoms with Crippen molar-refractivity contribution in [2.75, 3.05) is 0 Å². The molecule has 0 N–H and O–H groups in total. The molecule has 2 aliphatic rings. The minimum absolute atomic E-state index is 0.354. The van der Waals surface area contributed by atoms with Crippen molar-refractivity contribution >= 4 is 0 Å². The number of hydrogen-bond donors (Lipinski definition) is 0. The fraction of sp³-hybridized carbons (Fsp3) is 0.304. The lowest BCUT2D eigenvalue weighted by molar-refractivity contribution is -0.127. The Hall–Kier alpha value is -2.29. The van der Waals surface area contributed by atoms with E-state index in [-0.39, 0.29) is 0 Å². The molecule has 3 rings (SSSR count). The van der Waals surface area contributed by atoms with Gasteiger partial charge in [0.25, 0.3) is 0 Å². The van der Waals surface area contributed by atoms with Gasteiger partial charge in [-0.1, -0.05) is 68.4 Å². The number of benzene rings is 1. The zero-order chi connectivity index (χ0) is 18.9. The molecule has 1 aromatic rings. The Morgan fingerprint density at radius 2 is 1.31 bits per heavy atom. The molecule has 0 bridgehead atoms. The molecule has 26 heavy (non-hydrogen) atoms. The lowest BCUT2D eigenvalue weighted by Gasteiger charge is -2.14. The smallest absolute Gasteiger partial charge is 0.171 e. The van der Waals surface area contributed by atoms with Crippen LogP contribution in [0, 0.1) is 12.8 Å². The van der Waals surface area contributed by atoms with Crippen molar-refractivity contribution in [3.63, 3.8) is 0 Å². The van der Waals surface area contributed by atoms with E-state index in [1.54, 1.807) is 0 Å². The van der Waals surface area contributed by atoms with Crippen molar-refractivity contribution in [3.05, 3.63) is 71.3 Å². The van der Waals surface area contributed by atoms with Crippen molar-refractivity contribution in [1.29, 1.82) is 0 Å². The highest BCUT2D eigenvalue weighted by molar-refractivity contribution is 5.90. The van der Waals surface area contributed by atoms with Gasteiger partial charge in [-0.15, -0.1) is 0 Å². The maximum atomic E-state index is 13.4. The molecule has 0 aliphatic heterocycles. The van der Waals surface area contributed by atoms with Crippen LogP contribution in [0.3, 0.4) is 0 Å². The summed E-state index contributed by atoms with van der Waals surface area (Å²) in [5.74, 6) is 0.354. The number of hydrogen-bond acceptors (Lipinski definition) is 0. The molecular formula is C23H23F3. The lowest BCUT2D eigenvalue weighted by atomic mass is 9.91. The van der Waals surface area contributed by atoms with E-state index in [0.29, 0.717) is 17.0 Å². The molecule has 0 amide bonds. The second-order valence-corrected chi connectivity index (χ2v) is 7.27. The molecule has 0 heterocycles. The van der Waals surface area contributed by atoms with E-state index in [0.717, 1.165) is 34.2 Å². The maximum Gasteiger partial charge on any atom is 0.393 e. The van der Waals surface area contributed by atoms with Crippen LogP contribution in [0.1, 0.15) is 30.5 Å². The van der Waals surface area contributed by atoms with Crippen LogP contribution in [-0.2, 0) is 12.8 Å². The fourth-order valence-electron chi connectivity index (χ4n) is 3.71. The van der Waals surface area contributed by atoms with Gasteiger partial charge in [-0.05, 0) is 58.2 Å². The molecule has 1 aromatic carbocycles. The van der Waals surface area contributed by atoms with Gasteiger partial charge in [-0.3, -0.25) is 0 Å². The van der Waals surface area contributed by atoms with Crippen molar-refractivity contribution in [3.8, 4) is 22.3 Å². The van der Waals surface area contributed by atoms with Crippen molar-refractivity contribution in [2.45, 2.75) is 39.8 Å². The van der Waals surface area contributed by atoms with Crippen LogP contribution in [0.5, 0.6) is 0 Å². The van der Waals surface area contributed by atoms with E-state index >= 15 is 0 Å². The number of aryl methyl sites for hydroxylation is 1. The first-order valence-electron chi connectivity index (χ1n) is 8.93. The van der Waals surface area contributed by atoms with E-state index in [2.05, 4.69) is 13.8 Å². The van der Waals surface area contributed by atoms with Crippen molar-refractivity contribution in [1.82, 2.24) is 0 Å². The predicted octanol–water partition coefficient (Wildman–Crippen LogP) is 7.07. The minimum atomic E-state index is -4.25. The van der Waals surface area contributed by atoms with Gasteiger partial charge in [0, 0.05) is 0 Å². The normalized spacial score (nSPS) is 12.1. The van der Waals surface area contributed by atoms with Gasteiger partial charge < -0.3 is 0 Å². The van der Waals surface area contributed by atoms with Gasteiger partial charge in [0.1, 0.15) is 0 Å². The molecule has 0 saturated carbocycles. The van der Waals surface area contributed by atoms with E-state index in [1.807, 2.05) is 61.5 Å². The van der Waals surface area contributed by atoms with Crippen LogP contribution < -0.4 is 0 Å². The molecule has 2 aliphatic carbocycles. The van der Waals surface area contributed by atoms with Gasteiger partial charge in [0.2, 0.25) is 0 Å². The summed E-state index contributed by atoms with van der Waals surface area (Å²) in [6, 6.07) is 17.1. The summed E-state index contributed by atoms with van der Waals surface area (Å²) in [6.45, 7) is 6.17. The molecule has 0 unspecified atom stereocenters. The Labute approximate surface area is 153 Å². The fourth-order valence-corrected chi connectivity index (χ4v) is 3.71. The number of alkyl halides is 3. The second-order valence-electron chi connectivity index (χ2n) is 7.27. The van der Waals surface area contributed by atoms with Crippen molar-refractivity contribution < 1.29 is 13.2 Å². The van der Waals surface area contributed by atoms with Gasteiger partial charge >= 0.3 is 6.18 Å². The standard InChI is InChI=1S/C23H23F3/c1-15(2)13-20-18-11-5-4-6-12-19(18)21(14-23(24,25)26)22(20)17-10-8-7-9-16(17)3/h4-12,15H,13-14H2,1-3H3. The number of halogens is 3. The zero-order valence-electron chi connectivity index (χ0n) is 15.3. The average molecular weight is 356 g/mol. The first-order chi connectivity index (χ1) is 12.3. The summed E-state index contributed by atoms with van der Waals surface area (Å²) in [4.78, 5) is 0.